The molecule has 1 amide bonds. The van der Waals surface area contributed by atoms with Crippen LogP contribution in [0.5, 0.6) is 0 Å². The number of aromatic nitrogens is 2. The minimum atomic E-state index is 0. The molecule has 1 fully saturated rings. The van der Waals surface area contributed by atoms with Gasteiger partial charge in [-0.15, -0.1) is 12.4 Å². The van der Waals surface area contributed by atoms with Crippen LogP contribution in [0.4, 0.5) is 5.69 Å². The van der Waals surface area contributed by atoms with E-state index in [1.807, 2.05) is 18.2 Å². The Morgan fingerprint density at radius 2 is 2.09 bits per heavy atom. The minimum absolute atomic E-state index is 0. The molecule has 6 heteroatoms. The summed E-state index contributed by atoms with van der Waals surface area (Å²) in [5, 5.41) is 10.9. The van der Waals surface area contributed by atoms with Gasteiger partial charge in [-0.3, -0.25) is 9.89 Å². The fourth-order valence-corrected chi connectivity index (χ4v) is 3.32. The maximum Gasteiger partial charge on any atom is 0.224 e. The molecule has 1 aromatic carbocycles. The van der Waals surface area contributed by atoms with Gasteiger partial charge in [-0.25, -0.2) is 0 Å². The average Bonchev–Trinajstić information content (AvgIpc) is 2.95. The summed E-state index contributed by atoms with van der Waals surface area (Å²) < 4.78 is 0. The van der Waals surface area contributed by atoms with E-state index in [1.54, 1.807) is 6.20 Å². The third-order valence-electron chi connectivity index (χ3n) is 4.61. The van der Waals surface area contributed by atoms with Gasteiger partial charge in [0.1, 0.15) is 0 Å². The average molecular weight is 323 g/mol. The molecule has 0 saturated heterocycles. The molecule has 0 bridgehead atoms. The van der Waals surface area contributed by atoms with Crippen LogP contribution in [0.25, 0.3) is 10.9 Å². The van der Waals surface area contributed by atoms with E-state index in [9.17, 15) is 4.79 Å². The van der Waals surface area contributed by atoms with Crippen molar-refractivity contribution in [2.24, 2.45) is 11.1 Å². The van der Waals surface area contributed by atoms with Crippen LogP contribution >= 0.6 is 12.4 Å². The van der Waals surface area contributed by atoms with E-state index >= 15 is 0 Å². The van der Waals surface area contributed by atoms with Crippen molar-refractivity contribution in [3.63, 3.8) is 0 Å². The molecule has 5 nitrogen and oxygen atoms in total. The maximum atomic E-state index is 12.3. The molecule has 1 saturated carbocycles. The smallest absolute Gasteiger partial charge is 0.224 e. The first-order valence-corrected chi connectivity index (χ1v) is 7.64. The number of carbonyl (C=O) groups excluding carboxylic acids is 1. The highest BCUT2D eigenvalue weighted by Gasteiger charge is 2.32. The molecule has 1 heterocycles. The van der Waals surface area contributed by atoms with Crippen LogP contribution in [0.15, 0.2) is 24.4 Å². The number of nitrogens with two attached hydrogens (primary N) is 1. The lowest BCUT2D eigenvalue weighted by Crippen LogP contribution is -2.36. The number of hydrogen-bond acceptors (Lipinski definition) is 3. The topological polar surface area (TPSA) is 83.8 Å². The Labute approximate surface area is 136 Å². The standard InChI is InChI=1S/C16H22N4O.ClH/c17-11-16(6-2-1-3-7-16)9-15(21)19-13-4-5-14-12(8-13)10-18-20-14;/h4-5,8,10H,1-3,6-7,9,11,17H2,(H,18,20)(H,19,21);1H. The lowest BCUT2D eigenvalue weighted by atomic mass is 9.71. The Balaban J connectivity index is 0.00000176. The molecular weight excluding hydrogens is 300 g/mol. The second-order valence-corrected chi connectivity index (χ2v) is 6.16. The van der Waals surface area contributed by atoms with Crippen LogP contribution in [-0.2, 0) is 4.79 Å². The number of H-pyrrole nitrogens is 1. The van der Waals surface area contributed by atoms with Gasteiger partial charge in [0.2, 0.25) is 5.91 Å². The molecule has 0 radical (unpaired) electrons. The molecule has 2 aromatic rings. The lowest BCUT2D eigenvalue weighted by Gasteiger charge is -2.35. The highest BCUT2D eigenvalue weighted by atomic mass is 35.5. The van der Waals surface area contributed by atoms with Gasteiger partial charge in [0, 0.05) is 17.5 Å². The zero-order valence-electron chi connectivity index (χ0n) is 12.6. The Morgan fingerprint density at radius 1 is 1.32 bits per heavy atom. The third kappa shape index (κ3) is 3.59. The van der Waals surface area contributed by atoms with Crippen molar-refractivity contribution in [3.8, 4) is 0 Å². The first-order chi connectivity index (χ1) is 10.2. The van der Waals surface area contributed by atoms with Gasteiger partial charge in [0.15, 0.2) is 0 Å². The molecule has 1 aliphatic rings. The molecule has 120 valence electrons. The Bertz CT molecular complexity index is 634. The molecule has 0 atom stereocenters. The molecule has 22 heavy (non-hydrogen) atoms. The van der Waals surface area contributed by atoms with Gasteiger partial charge < -0.3 is 11.1 Å². The van der Waals surface area contributed by atoms with Gasteiger partial charge in [0.05, 0.1) is 11.7 Å². The van der Waals surface area contributed by atoms with Crippen molar-refractivity contribution in [3.05, 3.63) is 24.4 Å². The van der Waals surface area contributed by atoms with E-state index < -0.39 is 0 Å². The molecule has 1 aromatic heterocycles. The first kappa shape index (κ1) is 16.8. The molecule has 3 rings (SSSR count). The van der Waals surface area contributed by atoms with Gasteiger partial charge in [-0.1, -0.05) is 19.3 Å². The summed E-state index contributed by atoms with van der Waals surface area (Å²) in [6.07, 6.45) is 8.05. The molecule has 0 spiro atoms. The monoisotopic (exact) mass is 322 g/mol. The SMILES string of the molecule is Cl.NCC1(CC(=O)Nc2ccc3[nH]ncc3c2)CCCCC1. The van der Waals surface area contributed by atoms with Crippen molar-refractivity contribution in [2.45, 2.75) is 38.5 Å². The Kier molecular flexibility index (Phi) is 5.42. The summed E-state index contributed by atoms with van der Waals surface area (Å²) in [6.45, 7) is 0.598. The number of carbonyl (C=O) groups is 1. The number of benzene rings is 1. The number of halogens is 1. The van der Waals surface area contributed by atoms with Crippen LogP contribution in [-0.4, -0.2) is 22.6 Å². The van der Waals surface area contributed by atoms with Gasteiger partial charge in [-0.05, 0) is 43.0 Å². The second kappa shape index (κ2) is 7.11. The number of nitrogens with one attached hydrogen (secondary N) is 2. The third-order valence-corrected chi connectivity index (χ3v) is 4.61. The summed E-state index contributed by atoms with van der Waals surface area (Å²) >= 11 is 0. The maximum absolute atomic E-state index is 12.3. The summed E-state index contributed by atoms with van der Waals surface area (Å²) in [7, 11) is 0. The summed E-state index contributed by atoms with van der Waals surface area (Å²) in [6, 6.07) is 5.76. The van der Waals surface area contributed by atoms with Crippen LogP contribution in [0.3, 0.4) is 0 Å². The van der Waals surface area contributed by atoms with Crippen molar-refractivity contribution in [1.82, 2.24) is 10.2 Å². The zero-order chi connectivity index (χ0) is 14.7. The summed E-state index contributed by atoms with van der Waals surface area (Å²) in [5.74, 6) is 0.0604. The van der Waals surface area contributed by atoms with Crippen LogP contribution in [0.1, 0.15) is 38.5 Å². The number of fused-ring (bicyclic) bond motifs is 1. The normalized spacial score (nSPS) is 17.0. The number of hydrogen-bond donors (Lipinski definition) is 3. The largest absolute Gasteiger partial charge is 0.330 e. The Morgan fingerprint density at radius 3 is 2.82 bits per heavy atom. The molecular formula is C16H23ClN4O. The predicted octanol–water partition coefficient (Wildman–Crippen LogP) is 3.22. The van der Waals surface area contributed by atoms with Crippen LogP contribution in [0, 0.1) is 5.41 Å². The number of rotatable bonds is 4. The fourth-order valence-electron chi connectivity index (χ4n) is 3.32. The van der Waals surface area contributed by atoms with Crippen LogP contribution < -0.4 is 11.1 Å². The van der Waals surface area contributed by atoms with Crippen molar-refractivity contribution < 1.29 is 4.79 Å². The minimum Gasteiger partial charge on any atom is -0.330 e. The van der Waals surface area contributed by atoms with E-state index in [-0.39, 0.29) is 23.7 Å². The number of aromatic amines is 1. The van der Waals surface area contributed by atoms with Gasteiger partial charge >= 0.3 is 0 Å². The molecule has 0 unspecified atom stereocenters. The number of amides is 1. The zero-order valence-corrected chi connectivity index (χ0v) is 13.4. The summed E-state index contributed by atoms with van der Waals surface area (Å²) in [5.41, 5.74) is 7.74. The highest BCUT2D eigenvalue weighted by Crippen LogP contribution is 2.38. The van der Waals surface area contributed by atoms with E-state index in [4.69, 9.17) is 5.73 Å². The van der Waals surface area contributed by atoms with E-state index in [1.165, 1.54) is 19.3 Å². The van der Waals surface area contributed by atoms with Crippen molar-refractivity contribution >= 4 is 34.9 Å². The highest BCUT2D eigenvalue weighted by molar-refractivity contribution is 5.93. The quantitative estimate of drug-likeness (QED) is 0.808. The summed E-state index contributed by atoms with van der Waals surface area (Å²) in [4.78, 5) is 12.3. The first-order valence-electron chi connectivity index (χ1n) is 7.64. The lowest BCUT2D eigenvalue weighted by molar-refractivity contribution is -0.118. The molecule has 0 aliphatic heterocycles. The van der Waals surface area contributed by atoms with E-state index in [2.05, 4.69) is 15.5 Å². The van der Waals surface area contributed by atoms with Gasteiger partial charge in [-0.2, -0.15) is 5.10 Å². The molecule has 4 N–H and O–H groups in total. The van der Waals surface area contributed by atoms with E-state index in [0.29, 0.717) is 13.0 Å². The van der Waals surface area contributed by atoms with Crippen molar-refractivity contribution in [2.75, 3.05) is 11.9 Å². The van der Waals surface area contributed by atoms with Crippen molar-refractivity contribution in [1.29, 1.82) is 0 Å². The van der Waals surface area contributed by atoms with Gasteiger partial charge in [0.25, 0.3) is 0 Å². The fraction of sp³-hybridized carbons (Fsp3) is 0.500. The Hall–Kier alpha value is -1.59. The molecule has 1 aliphatic carbocycles. The van der Waals surface area contributed by atoms with Crippen LogP contribution in [0.2, 0.25) is 0 Å². The number of anilines is 1. The second-order valence-electron chi connectivity index (χ2n) is 6.16. The number of nitrogens with zero attached hydrogens (tertiary/aromatic N) is 1. The predicted molar refractivity (Wildman–Crippen MR) is 91.2 cm³/mol. The van der Waals surface area contributed by atoms with E-state index in [0.717, 1.165) is 29.4 Å².